The van der Waals surface area contributed by atoms with Crippen molar-refractivity contribution in [3.63, 3.8) is 0 Å². The molecular formula is C20H15ClF3N. The molecule has 1 nitrogen and oxygen atoms in total. The molecular weight excluding hydrogens is 347 g/mol. The van der Waals surface area contributed by atoms with Gasteiger partial charge in [0, 0.05) is 24.3 Å². The summed E-state index contributed by atoms with van der Waals surface area (Å²) in [5, 5.41) is 0.382. The van der Waals surface area contributed by atoms with E-state index >= 15 is 0 Å². The van der Waals surface area contributed by atoms with Crippen LogP contribution in [-0.4, -0.2) is 11.4 Å². The van der Waals surface area contributed by atoms with Crippen molar-refractivity contribution in [2.45, 2.75) is 6.92 Å². The minimum atomic E-state index is -0.974. The van der Waals surface area contributed by atoms with E-state index in [2.05, 4.69) is 6.58 Å². The number of nitrogens with zero attached hydrogens (tertiary/aromatic N) is 1. The van der Waals surface area contributed by atoms with Crippen molar-refractivity contribution >= 4 is 22.9 Å². The summed E-state index contributed by atoms with van der Waals surface area (Å²) in [5.74, 6) is -2.91. The van der Waals surface area contributed by atoms with E-state index in [1.807, 2.05) is 37.3 Å². The first-order valence-corrected chi connectivity index (χ1v) is 8.10. The first-order valence-electron chi connectivity index (χ1n) is 7.72. The average molecular weight is 362 g/mol. The Bertz CT molecular complexity index is 877. The van der Waals surface area contributed by atoms with Crippen LogP contribution in [0.25, 0.3) is 11.3 Å². The predicted octanol–water partition coefficient (Wildman–Crippen LogP) is 5.94. The first kappa shape index (κ1) is 17.4. The molecule has 0 aromatic heterocycles. The van der Waals surface area contributed by atoms with Gasteiger partial charge in [0.2, 0.25) is 0 Å². The lowest BCUT2D eigenvalue weighted by atomic mass is 9.94. The molecule has 1 aliphatic rings. The summed E-state index contributed by atoms with van der Waals surface area (Å²) in [7, 11) is 0. The molecule has 1 aliphatic heterocycles. The Morgan fingerprint density at radius 3 is 2.20 bits per heavy atom. The molecule has 0 radical (unpaired) electrons. The highest BCUT2D eigenvalue weighted by molar-refractivity contribution is 6.33. The van der Waals surface area contributed by atoms with Gasteiger partial charge >= 0.3 is 0 Å². The molecule has 0 bridgehead atoms. The average Bonchev–Trinajstić information content (AvgIpc) is 2.58. The third-order valence-corrected chi connectivity index (χ3v) is 4.37. The highest BCUT2D eigenvalue weighted by Crippen LogP contribution is 2.41. The highest BCUT2D eigenvalue weighted by Gasteiger charge is 2.29. The van der Waals surface area contributed by atoms with Gasteiger partial charge in [-0.25, -0.2) is 13.2 Å². The van der Waals surface area contributed by atoms with Crippen molar-refractivity contribution in [1.29, 1.82) is 0 Å². The molecule has 0 N–H and O–H groups in total. The molecule has 0 saturated carbocycles. The van der Waals surface area contributed by atoms with Gasteiger partial charge in [-0.2, -0.15) is 0 Å². The maximum Gasteiger partial charge on any atom is 0.138 e. The third kappa shape index (κ3) is 3.10. The van der Waals surface area contributed by atoms with Gasteiger partial charge in [0.05, 0.1) is 22.0 Å². The Hall–Kier alpha value is -2.46. The smallest absolute Gasteiger partial charge is 0.138 e. The van der Waals surface area contributed by atoms with E-state index in [0.717, 1.165) is 5.56 Å². The summed E-state index contributed by atoms with van der Waals surface area (Å²) in [6, 6.07) is 10.5. The molecule has 128 valence electrons. The van der Waals surface area contributed by atoms with Gasteiger partial charge in [-0.05, 0) is 18.6 Å². The van der Waals surface area contributed by atoms with Gasteiger partial charge < -0.3 is 4.90 Å². The predicted molar refractivity (Wildman–Crippen MR) is 95.0 cm³/mol. The summed E-state index contributed by atoms with van der Waals surface area (Å²) in [4.78, 5) is 1.63. The van der Waals surface area contributed by atoms with Crippen LogP contribution in [0.2, 0.25) is 0 Å². The quantitative estimate of drug-likeness (QED) is 0.653. The Kier molecular flexibility index (Phi) is 4.73. The van der Waals surface area contributed by atoms with E-state index in [1.54, 1.807) is 11.0 Å². The summed E-state index contributed by atoms with van der Waals surface area (Å²) >= 11 is 6.28. The zero-order chi connectivity index (χ0) is 18.1. The maximum atomic E-state index is 14.5. The number of benzene rings is 2. The molecule has 2 aromatic carbocycles. The molecule has 0 unspecified atom stereocenters. The van der Waals surface area contributed by atoms with Crippen molar-refractivity contribution in [1.82, 2.24) is 4.90 Å². The number of halogens is 4. The van der Waals surface area contributed by atoms with Crippen molar-refractivity contribution < 1.29 is 13.2 Å². The van der Waals surface area contributed by atoms with Crippen molar-refractivity contribution in [3.8, 4) is 0 Å². The van der Waals surface area contributed by atoms with Gasteiger partial charge in [-0.15, -0.1) is 0 Å². The number of allylic oxidation sites excluding steroid dienone is 3. The van der Waals surface area contributed by atoms with Crippen LogP contribution in [0.1, 0.15) is 18.1 Å². The normalized spacial score (nSPS) is 14.8. The fraction of sp³-hybridized carbons (Fsp3) is 0.100. The minimum absolute atomic E-state index is 0.276. The standard InChI is InChI=1S/C20H15ClF3N/c1-3-25-12(2)16(21)11-15(13-7-5-4-6-8-13)20(25)19-17(23)9-14(22)10-18(19)24/h4-11H,2-3H2,1H3. The molecule has 1 heterocycles. The second-order valence-corrected chi connectivity index (χ2v) is 5.96. The minimum Gasteiger partial charge on any atom is -0.340 e. The van der Waals surface area contributed by atoms with Gasteiger partial charge in [-0.1, -0.05) is 48.5 Å². The second-order valence-electron chi connectivity index (χ2n) is 5.56. The Labute approximate surface area is 149 Å². The number of rotatable bonds is 3. The van der Waals surface area contributed by atoms with Crippen LogP contribution >= 0.6 is 11.6 Å². The van der Waals surface area contributed by atoms with E-state index < -0.39 is 17.5 Å². The van der Waals surface area contributed by atoms with Crippen LogP contribution in [0.5, 0.6) is 0 Å². The molecule has 0 amide bonds. The summed E-state index contributed by atoms with van der Waals surface area (Å²) in [5.41, 5.74) is 1.69. The Morgan fingerprint density at radius 2 is 1.64 bits per heavy atom. The zero-order valence-corrected chi connectivity index (χ0v) is 14.2. The van der Waals surface area contributed by atoms with Crippen molar-refractivity contribution in [3.05, 3.63) is 94.4 Å². The van der Waals surface area contributed by atoms with Crippen LogP contribution in [-0.2, 0) is 0 Å². The second kappa shape index (κ2) is 6.81. The third-order valence-electron chi connectivity index (χ3n) is 4.04. The highest BCUT2D eigenvalue weighted by atomic mass is 35.5. The van der Waals surface area contributed by atoms with Crippen LogP contribution in [0.4, 0.5) is 13.2 Å². The molecule has 0 atom stereocenters. The lowest BCUT2D eigenvalue weighted by Crippen LogP contribution is -2.26. The largest absolute Gasteiger partial charge is 0.340 e. The van der Waals surface area contributed by atoms with Gasteiger partial charge in [0.25, 0.3) is 0 Å². The van der Waals surface area contributed by atoms with Gasteiger partial charge in [-0.3, -0.25) is 0 Å². The van der Waals surface area contributed by atoms with Gasteiger partial charge in [0.1, 0.15) is 17.5 Å². The van der Waals surface area contributed by atoms with Crippen molar-refractivity contribution in [2.75, 3.05) is 6.54 Å². The van der Waals surface area contributed by atoms with Gasteiger partial charge in [0.15, 0.2) is 0 Å². The molecule has 2 aromatic rings. The molecule has 0 spiro atoms. The van der Waals surface area contributed by atoms with Crippen LogP contribution in [0.15, 0.2) is 65.8 Å². The number of hydrogen-bond acceptors (Lipinski definition) is 1. The van der Waals surface area contributed by atoms with E-state index in [4.69, 9.17) is 11.6 Å². The van der Waals surface area contributed by atoms with E-state index in [1.165, 1.54) is 0 Å². The SMILES string of the molecule is C=C1C(Cl)=CC(c2ccccc2)=C(c2c(F)cc(F)cc2F)N1CC. The van der Waals surface area contributed by atoms with Crippen LogP contribution < -0.4 is 0 Å². The lowest BCUT2D eigenvalue weighted by molar-refractivity contribution is 0.500. The fourth-order valence-corrected chi connectivity index (χ4v) is 3.12. The number of likely N-dealkylation sites (N-methyl/N-ethyl adjacent to an activating group) is 1. The molecule has 5 heteroatoms. The molecule has 25 heavy (non-hydrogen) atoms. The van der Waals surface area contributed by atoms with E-state index in [-0.39, 0.29) is 11.3 Å². The topological polar surface area (TPSA) is 3.24 Å². The van der Waals surface area contributed by atoms with Crippen LogP contribution in [0, 0.1) is 17.5 Å². The van der Waals surface area contributed by atoms with E-state index in [9.17, 15) is 13.2 Å². The zero-order valence-electron chi connectivity index (χ0n) is 13.5. The summed E-state index contributed by atoms with van der Waals surface area (Å²) in [6.45, 7) is 6.12. The van der Waals surface area contributed by atoms with E-state index in [0.29, 0.717) is 35.0 Å². The van der Waals surface area contributed by atoms with Crippen molar-refractivity contribution in [2.24, 2.45) is 0 Å². The summed E-state index contributed by atoms with van der Waals surface area (Å²) < 4.78 is 42.3. The monoisotopic (exact) mass is 361 g/mol. The molecule has 0 fully saturated rings. The maximum absolute atomic E-state index is 14.5. The van der Waals surface area contributed by atoms with Crippen LogP contribution in [0.3, 0.4) is 0 Å². The first-order chi connectivity index (χ1) is 11.9. The Morgan fingerprint density at radius 1 is 1.04 bits per heavy atom. The Balaban J connectivity index is 2.38. The fourth-order valence-electron chi connectivity index (χ4n) is 2.91. The molecule has 0 saturated heterocycles. The summed E-state index contributed by atoms with van der Waals surface area (Å²) in [6.07, 6.45) is 1.63. The molecule has 3 rings (SSSR count). The number of hydrogen-bond donors (Lipinski definition) is 0. The lowest BCUT2D eigenvalue weighted by Gasteiger charge is -2.33. The molecule has 0 aliphatic carbocycles.